The number of hydrogen-bond acceptors (Lipinski definition) is 19. The smallest absolute Gasteiger partial charge is 1.00 e. The normalized spacial score (nSPS) is 22.5. The summed E-state index contributed by atoms with van der Waals surface area (Å²) in [6.45, 7) is 19.4. The molecule has 92 heavy (non-hydrogen) atoms. The second-order valence-corrected chi connectivity index (χ2v) is 29.1. The van der Waals surface area contributed by atoms with Crippen molar-refractivity contribution >= 4 is 95.2 Å². The van der Waals surface area contributed by atoms with Crippen LogP contribution in [0.3, 0.4) is 0 Å². The Hall–Kier alpha value is -2.68. The van der Waals surface area contributed by atoms with E-state index in [1.165, 1.54) is 103 Å². The van der Waals surface area contributed by atoms with Gasteiger partial charge in [-0.05, 0) is 184 Å². The van der Waals surface area contributed by atoms with Gasteiger partial charge in [0.2, 0.25) is 11.8 Å². The number of carbonyl (C=O) groups excluding carboxylic acids is 3. The number of nitrogens with zero attached hydrogens (tertiary/aromatic N) is 11. The molecule has 4 saturated carbocycles. The number of ether oxygens (including phenoxy) is 2. The van der Waals surface area contributed by atoms with Crippen LogP contribution in [0.15, 0.2) is 71.0 Å². The number of aromatic nitrogens is 10. The van der Waals surface area contributed by atoms with Crippen molar-refractivity contribution in [3.8, 4) is 23.4 Å². The summed E-state index contributed by atoms with van der Waals surface area (Å²) in [5.41, 5.74) is 0.835. The number of rotatable bonds is 16. The number of amides is 2. The largest absolute Gasteiger partial charge is 1.00 e. The van der Waals surface area contributed by atoms with Crippen LogP contribution < -0.4 is 137 Å². The van der Waals surface area contributed by atoms with E-state index < -0.39 is 31.9 Å². The van der Waals surface area contributed by atoms with Crippen LogP contribution in [0, 0.1) is 61.2 Å². The third-order valence-electron chi connectivity index (χ3n) is 17.8. The van der Waals surface area contributed by atoms with E-state index in [4.69, 9.17) is 36.1 Å². The molecule has 2 saturated heterocycles. The minimum Gasteiger partial charge on any atom is -1.00 e. The molecule has 0 spiro atoms. The summed E-state index contributed by atoms with van der Waals surface area (Å²) in [7, 11) is -5.02. The van der Waals surface area contributed by atoms with Crippen molar-refractivity contribution in [3.05, 3.63) is 88.9 Å². The van der Waals surface area contributed by atoms with Gasteiger partial charge in [0.05, 0.1) is 35.7 Å². The van der Waals surface area contributed by atoms with Gasteiger partial charge in [0, 0.05) is 68.6 Å². The van der Waals surface area contributed by atoms with Crippen LogP contribution >= 0.6 is 51.0 Å². The SMILES string of the molecule is C[C@@H]1CNC(C)(C)C1.Cc1nn(C)cc1S(=O)(=O)NC(=O)c1ccc(-n2ccc(OCC3C4CCC3CC4)n2)nc1Cl.Cc1nn(C)cc1S(=O)(=O)NC(=O)c1ccc(-n2ccc(OCC3C4CCC3CC4)n2)nc1N1C[C@@H](C)CC1(C)C.Cl.O=CO[O-].S.S.[H-].[K+].[K+]. The predicted octanol–water partition coefficient (Wildman–Crippen LogP) is 1.36. The van der Waals surface area contributed by atoms with Crippen LogP contribution in [0.4, 0.5) is 5.82 Å². The molecule has 2 aliphatic heterocycles. The van der Waals surface area contributed by atoms with Gasteiger partial charge in [-0.3, -0.25) is 23.7 Å². The topological polar surface area (TPSA) is 307 Å². The monoisotopic (exact) mass is 1440 g/mol. The second kappa shape index (κ2) is 34.7. The van der Waals surface area contributed by atoms with Crippen LogP contribution in [0.5, 0.6) is 11.8 Å². The van der Waals surface area contributed by atoms with Crippen molar-refractivity contribution in [1.82, 2.24) is 63.9 Å². The van der Waals surface area contributed by atoms with Gasteiger partial charge in [-0.15, -0.1) is 22.6 Å². The summed E-state index contributed by atoms with van der Waals surface area (Å²) in [5, 5.41) is 28.9. The number of hydrogen-bond donors (Lipinski definition) is 3. The first kappa shape index (κ1) is 81.8. The average Bonchev–Trinajstić information content (AvgIpc) is 1.43. The molecule has 8 heterocycles. The molecule has 6 aromatic rings. The molecule has 2 amide bonds. The van der Waals surface area contributed by atoms with Crippen molar-refractivity contribution in [2.24, 2.45) is 61.4 Å². The maximum absolute atomic E-state index is 13.5. The molecule has 0 unspecified atom stereocenters. The average molecular weight is 1440 g/mol. The van der Waals surface area contributed by atoms with Crippen molar-refractivity contribution in [1.29, 1.82) is 0 Å². The molecule has 4 bridgehead atoms. The minimum atomic E-state index is -4.14. The molecule has 3 N–H and O–H groups in total. The Balaban J connectivity index is 0.000000393. The molecular formula is C59H86Cl2K2N14O11S4. The van der Waals surface area contributed by atoms with E-state index in [0.717, 1.165) is 36.0 Å². The van der Waals surface area contributed by atoms with Gasteiger partial charge >= 0.3 is 103 Å². The molecule has 0 aromatic carbocycles. The molecule has 6 fully saturated rings. The van der Waals surface area contributed by atoms with E-state index >= 15 is 0 Å². The Kier molecular flexibility index (Phi) is 30.8. The molecule has 25 nitrogen and oxygen atoms in total. The number of pyridine rings is 2. The summed E-state index contributed by atoms with van der Waals surface area (Å²) in [5.74, 6) is 6.35. The Morgan fingerprint density at radius 2 is 1.10 bits per heavy atom. The Morgan fingerprint density at radius 1 is 0.685 bits per heavy atom. The van der Waals surface area contributed by atoms with E-state index in [1.54, 1.807) is 63.2 Å². The summed E-state index contributed by atoms with van der Waals surface area (Å²) < 4.78 is 73.6. The first-order chi connectivity index (χ1) is 41.1. The van der Waals surface area contributed by atoms with Crippen molar-refractivity contribution in [3.63, 3.8) is 0 Å². The fourth-order valence-corrected chi connectivity index (χ4v) is 16.6. The number of aryl methyl sites for hydroxylation is 4. The number of sulfonamides is 2. The predicted molar refractivity (Wildman–Crippen MR) is 349 cm³/mol. The van der Waals surface area contributed by atoms with Crippen LogP contribution in [-0.4, -0.2) is 122 Å². The van der Waals surface area contributed by atoms with Crippen LogP contribution in [0.2, 0.25) is 5.15 Å². The molecular weight excluding hydrogens is 1360 g/mol. The zero-order chi connectivity index (χ0) is 62.8. The number of anilines is 1. The second-order valence-electron chi connectivity index (χ2n) is 25.4. The Morgan fingerprint density at radius 3 is 1.43 bits per heavy atom. The minimum absolute atomic E-state index is 0. The fraction of sp³-hybridized carbons (Fsp3) is 0.576. The first-order valence-corrected chi connectivity index (χ1v) is 32.9. The standard InChI is InChI=1S/C29H39N7O4S.C22H25ClN6O4S.C7H15N.CH2O3.ClH.2K.2H2S.H/c1-18-14-29(3,4)35(15-18)27-22(28(37)33-41(38,39)24-16-34(5)31-19(24)2)10-11-25(30-27)36-13-12-26(32-36)40-17-23-20-6-7-21(23)9-8-20;1-13-18(11-28(2)25-13)34(31,32)27-22(30)16-7-8-19(24-21(16)23)29-10-9-20(26-29)33-12-17-14-3-4-15(17)6-5-14;1-6-4-7(2,3)8-5-6;2-1-4-3;;;;;;/h10-13,16,18,20-21,23H,6-9,14-15,17H2,1-5H3,(H,33,37);7-11,14-15,17H,3-6,12H2,1-2H3,(H,27,30);6,8H,4-5H2,1-3H3;1,3H;1H;;;2*1H2;/q;;;;;2*+1;;;-1/p-1/t18-,20?,21?,23?;;6-;;;;;;;/m0.0......./s1. The third-order valence-corrected chi connectivity index (χ3v) is 21.0. The Labute approximate surface area is 651 Å². The number of carbonyl (C=O) groups is 3. The molecule has 6 aromatic heterocycles. The molecule has 0 radical (unpaired) electrons. The van der Waals surface area contributed by atoms with Crippen LogP contribution in [-0.2, 0) is 43.8 Å². The van der Waals surface area contributed by atoms with Crippen LogP contribution in [0.1, 0.15) is 139 Å². The van der Waals surface area contributed by atoms with E-state index in [2.05, 4.69) is 86.7 Å². The quantitative estimate of drug-likeness (QED) is 0.0405. The van der Waals surface area contributed by atoms with E-state index in [0.29, 0.717) is 78.0 Å². The van der Waals surface area contributed by atoms with E-state index in [-0.39, 0.29) is 187 Å². The third kappa shape index (κ3) is 20.0. The maximum atomic E-state index is 13.5. The molecule has 12 rings (SSSR count). The van der Waals surface area contributed by atoms with Gasteiger partial charge in [0.1, 0.15) is 20.8 Å². The summed E-state index contributed by atoms with van der Waals surface area (Å²) in [6, 6.07) is 9.84. The van der Waals surface area contributed by atoms with E-state index in [9.17, 15) is 26.4 Å². The van der Waals surface area contributed by atoms with Gasteiger partial charge in [-0.1, -0.05) is 25.4 Å². The molecule has 4 aliphatic carbocycles. The zero-order valence-electron chi connectivity index (χ0n) is 55.4. The van der Waals surface area contributed by atoms with Gasteiger partial charge in [0.15, 0.2) is 11.6 Å². The Bertz CT molecular complexity index is 3670. The zero-order valence-corrected chi connectivity index (χ0v) is 65.8. The molecule has 498 valence electrons. The maximum Gasteiger partial charge on any atom is 1.00 e. The number of nitrogens with one attached hydrogen (secondary N) is 3. The number of halogens is 2. The van der Waals surface area contributed by atoms with Gasteiger partial charge in [0.25, 0.3) is 38.3 Å². The summed E-state index contributed by atoms with van der Waals surface area (Å²) in [4.78, 5) is 48.4. The van der Waals surface area contributed by atoms with E-state index in [1.807, 2.05) is 10.8 Å². The first-order valence-electron chi connectivity index (χ1n) is 29.6. The van der Waals surface area contributed by atoms with Gasteiger partial charge in [-0.2, -0.15) is 37.2 Å². The van der Waals surface area contributed by atoms with Crippen LogP contribution in [0.25, 0.3) is 11.6 Å². The summed E-state index contributed by atoms with van der Waals surface area (Å²) in [6.07, 6.45) is 18.9. The fourth-order valence-electron chi connectivity index (χ4n) is 13.9. The van der Waals surface area contributed by atoms with Gasteiger partial charge < -0.3 is 31.3 Å². The van der Waals surface area contributed by atoms with Crippen molar-refractivity contribution < 1.29 is 155 Å². The van der Waals surface area contributed by atoms with Crippen molar-refractivity contribution in [2.75, 3.05) is 31.2 Å². The summed E-state index contributed by atoms with van der Waals surface area (Å²) >= 11 is 6.22. The number of fused-ring (bicyclic) bond motifs is 4. The van der Waals surface area contributed by atoms with Crippen molar-refractivity contribution in [2.45, 2.75) is 140 Å². The molecule has 33 heteroatoms. The molecule has 6 aliphatic rings. The molecule has 2 atom stereocenters. The van der Waals surface area contributed by atoms with Gasteiger partial charge in [-0.25, -0.2) is 45.6 Å².